The van der Waals surface area contributed by atoms with Gasteiger partial charge in [0.1, 0.15) is 0 Å². The lowest BCUT2D eigenvalue weighted by molar-refractivity contribution is -0.171. The summed E-state index contributed by atoms with van der Waals surface area (Å²) in [5.74, 6) is -0.779. The van der Waals surface area contributed by atoms with Gasteiger partial charge < -0.3 is 14.8 Å². The Bertz CT molecular complexity index is 215. The minimum atomic E-state index is -0.755. The molecule has 0 aromatic rings. The quantitative estimate of drug-likeness (QED) is 0.379. The second kappa shape index (κ2) is 7.08. The lowest BCUT2D eigenvalue weighted by atomic mass is 10.5. The summed E-state index contributed by atoms with van der Waals surface area (Å²) in [6.45, 7) is 6.93. The maximum atomic E-state index is 10.8. The van der Waals surface area contributed by atoms with Crippen LogP contribution in [0, 0.1) is 0 Å². The van der Waals surface area contributed by atoms with Crippen LogP contribution in [0.1, 0.15) is 13.8 Å². The Morgan fingerprint density at radius 2 is 2.21 bits per heavy atom. The standard InChI is InChI=1S/C9H15NO4/c1-4-8(12)14-9(13-5-2)6-10-7(3)11/h4,9H,1,5-6H2,2-3H3,(H,10,11). The van der Waals surface area contributed by atoms with Gasteiger partial charge in [-0.05, 0) is 6.92 Å². The number of hydrogen-bond acceptors (Lipinski definition) is 4. The normalized spacial score (nSPS) is 11.6. The fraction of sp³-hybridized carbons (Fsp3) is 0.556. The molecule has 0 spiro atoms. The van der Waals surface area contributed by atoms with E-state index in [9.17, 15) is 9.59 Å². The summed E-state index contributed by atoms with van der Waals surface area (Å²) < 4.78 is 9.86. The number of ether oxygens (including phenoxy) is 2. The summed E-state index contributed by atoms with van der Waals surface area (Å²) in [6, 6.07) is 0. The van der Waals surface area contributed by atoms with Crippen molar-refractivity contribution in [3.63, 3.8) is 0 Å². The van der Waals surface area contributed by atoms with Gasteiger partial charge in [-0.2, -0.15) is 0 Å². The first-order chi connectivity index (χ1) is 6.60. The van der Waals surface area contributed by atoms with Crippen molar-refractivity contribution in [3.8, 4) is 0 Å². The van der Waals surface area contributed by atoms with Gasteiger partial charge in [0, 0.05) is 19.6 Å². The molecule has 0 saturated carbocycles. The molecule has 0 rings (SSSR count). The predicted octanol–water partition coefficient (Wildman–Crippen LogP) is 0.214. The van der Waals surface area contributed by atoms with Crippen molar-refractivity contribution in [2.45, 2.75) is 20.1 Å². The molecular formula is C9H15NO4. The average molecular weight is 201 g/mol. The zero-order chi connectivity index (χ0) is 11.0. The zero-order valence-electron chi connectivity index (χ0n) is 8.41. The molecule has 0 saturated heterocycles. The molecule has 1 atom stereocenters. The maximum absolute atomic E-state index is 10.8. The number of esters is 1. The number of nitrogens with one attached hydrogen (secondary N) is 1. The van der Waals surface area contributed by atoms with Gasteiger partial charge in [0.15, 0.2) is 0 Å². The number of hydrogen-bond donors (Lipinski definition) is 1. The highest BCUT2D eigenvalue weighted by Gasteiger charge is 2.12. The van der Waals surface area contributed by atoms with E-state index >= 15 is 0 Å². The first kappa shape index (κ1) is 12.6. The van der Waals surface area contributed by atoms with Gasteiger partial charge in [0.25, 0.3) is 0 Å². The van der Waals surface area contributed by atoms with Gasteiger partial charge in [0.05, 0.1) is 6.54 Å². The van der Waals surface area contributed by atoms with Crippen molar-refractivity contribution >= 4 is 11.9 Å². The number of carbonyl (C=O) groups excluding carboxylic acids is 2. The van der Waals surface area contributed by atoms with Gasteiger partial charge >= 0.3 is 5.97 Å². The smallest absolute Gasteiger partial charge is 0.332 e. The largest absolute Gasteiger partial charge is 0.431 e. The van der Waals surface area contributed by atoms with Crippen LogP contribution in [0.15, 0.2) is 12.7 Å². The van der Waals surface area contributed by atoms with Crippen molar-refractivity contribution in [2.75, 3.05) is 13.2 Å². The van der Waals surface area contributed by atoms with Crippen LogP contribution in [0.25, 0.3) is 0 Å². The molecule has 80 valence electrons. The van der Waals surface area contributed by atoms with Crippen LogP contribution in [0.5, 0.6) is 0 Å². The minimum absolute atomic E-state index is 0.142. The highest BCUT2D eigenvalue weighted by atomic mass is 16.7. The molecule has 0 radical (unpaired) electrons. The molecular weight excluding hydrogens is 186 g/mol. The number of carbonyl (C=O) groups is 2. The van der Waals surface area contributed by atoms with Crippen LogP contribution in [-0.4, -0.2) is 31.3 Å². The highest BCUT2D eigenvalue weighted by Crippen LogP contribution is 1.95. The molecule has 0 fully saturated rings. The number of rotatable bonds is 6. The van der Waals surface area contributed by atoms with Gasteiger partial charge in [-0.15, -0.1) is 0 Å². The van der Waals surface area contributed by atoms with Crippen molar-refractivity contribution in [1.82, 2.24) is 5.32 Å². The van der Waals surface area contributed by atoms with Crippen LogP contribution in [0.3, 0.4) is 0 Å². The highest BCUT2D eigenvalue weighted by molar-refractivity contribution is 5.81. The molecule has 0 bridgehead atoms. The summed E-state index contributed by atoms with van der Waals surface area (Å²) in [4.78, 5) is 21.4. The van der Waals surface area contributed by atoms with E-state index in [1.165, 1.54) is 6.92 Å². The third-order valence-corrected chi connectivity index (χ3v) is 1.28. The van der Waals surface area contributed by atoms with E-state index in [1.807, 2.05) is 0 Å². The van der Waals surface area contributed by atoms with E-state index in [1.54, 1.807) is 6.92 Å². The van der Waals surface area contributed by atoms with E-state index in [4.69, 9.17) is 9.47 Å². The van der Waals surface area contributed by atoms with Gasteiger partial charge in [-0.1, -0.05) is 6.58 Å². The van der Waals surface area contributed by atoms with Crippen LogP contribution < -0.4 is 5.32 Å². The minimum Gasteiger partial charge on any atom is -0.431 e. The topological polar surface area (TPSA) is 64.6 Å². The second-order valence-electron chi connectivity index (χ2n) is 2.46. The molecule has 0 aromatic heterocycles. The molecule has 0 aliphatic carbocycles. The van der Waals surface area contributed by atoms with E-state index in [0.29, 0.717) is 6.61 Å². The first-order valence-corrected chi connectivity index (χ1v) is 4.29. The van der Waals surface area contributed by atoms with Gasteiger partial charge in [0.2, 0.25) is 12.2 Å². The molecule has 5 heteroatoms. The van der Waals surface area contributed by atoms with Crippen LogP contribution in [0.2, 0.25) is 0 Å². The summed E-state index contributed by atoms with van der Waals surface area (Å²) in [5, 5.41) is 2.48. The molecule has 0 aliphatic rings. The fourth-order valence-corrected chi connectivity index (χ4v) is 0.725. The van der Waals surface area contributed by atoms with Gasteiger partial charge in [-0.25, -0.2) is 4.79 Å². The number of amides is 1. The van der Waals surface area contributed by atoms with Crippen molar-refractivity contribution in [3.05, 3.63) is 12.7 Å². The van der Waals surface area contributed by atoms with E-state index in [-0.39, 0.29) is 12.5 Å². The summed E-state index contributed by atoms with van der Waals surface area (Å²) in [5.41, 5.74) is 0. The molecule has 0 aromatic carbocycles. The summed E-state index contributed by atoms with van der Waals surface area (Å²) in [6.07, 6.45) is 0.286. The average Bonchev–Trinajstić information content (AvgIpc) is 2.14. The third kappa shape index (κ3) is 6.19. The third-order valence-electron chi connectivity index (χ3n) is 1.28. The fourth-order valence-electron chi connectivity index (χ4n) is 0.725. The molecule has 1 amide bonds. The first-order valence-electron chi connectivity index (χ1n) is 4.29. The summed E-state index contributed by atoms with van der Waals surface area (Å²) in [7, 11) is 0. The second-order valence-corrected chi connectivity index (χ2v) is 2.46. The van der Waals surface area contributed by atoms with E-state index in [0.717, 1.165) is 6.08 Å². The Morgan fingerprint density at radius 1 is 1.57 bits per heavy atom. The van der Waals surface area contributed by atoms with Crippen LogP contribution in [0.4, 0.5) is 0 Å². The monoisotopic (exact) mass is 201 g/mol. The van der Waals surface area contributed by atoms with Crippen LogP contribution in [-0.2, 0) is 19.1 Å². The van der Waals surface area contributed by atoms with E-state index in [2.05, 4.69) is 11.9 Å². The van der Waals surface area contributed by atoms with Crippen molar-refractivity contribution < 1.29 is 19.1 Å². The Kier molecular flexibility index (Phi) is 6.39. The molecule has 0 heterocycles. The predicted molar refractivity (Wildman–Crippen MR) is 50.4 cm³/mol. The maximum Gasteiger partial charge on any atom is 0.332 e. The van der Waals surface area contributed by atoms with Gasteiger partial charge in [-0.3, -0.25) is 4.79 Å². The SMILES string of the molecule is C=CC(=O)OC(CNC(C)=O)OCC. The molecule has 14 heavy (non-hydrogen) atoms. The van der Waals surface area contributed by atoms with E-state index < -0.39 is 12.3 Å². The Hall–Kier alpha value is -1.36. The Morgan fingerprint density at radius 3 is 2.64 bits per heavy atom. The van der Waals surface area contributed by atoms with Crippen molar-refractivity contribution in [2.24, 2.45) is 0 Å². The van der Waals surface area contributed by atoms with Crippen molar-refractivity contribution in [1.29, 1.82) is 0 Å². The molecule has 0 aliphatic heterocycles. The lowest BCUT2D eigenvalue weighted by Crippen LogP contribution is -2.35. The van der Waals surface area contributed by atoms with Crippen LogP contribution >= 0.6 is 0 Å². The molecule has 1 unspecified atom stereocenters. The lowest BCUT2D eigenvalue weighted by Gasteiger charge is -2.16. The molecule has 5 nitrogen and oxygen atoms in total. The summed E-state index contributed by atoms with van der Waals surface area (Å²) >= 11 is 0. The Balaban J connectivity index is 3.94. The molecule has 1 N–H and O–H groups in total. The Labute approximate surface area is 83.1 Å². The zero-order valence-corrected chi connectivity index (χ0v) is 8.41.